The molecule has 6 nitrogen and oxygen atoms in total. The molecule has 13 rings (SSSR count). The van der Waals surface area contributed by atoms with Crippen LogP contribution >= 0.6 is 69.1 Å². The zero-order chi connectivity index (χ0) is 89.0. The molecule has 0 N–H and O–H groups in total. The number of hydrogen-bond acceptors (Lipinski definition) is 8. The summed E-state index contributed by atoms with van der Waals surface area (Å²) in [6.07, 6.45) is 47.2. The first-order valence-electron chi connectivity index (χ1n) is 48.1. The lowest BCUT2D eigenvalue weighted by molar-refractivity contribution is 0.103. The minimum atomic E-state index is -1.00. The van der Waals surface area contributed by atoms with Gasteiger partial charge in [0.25, 0.3) is 0 Å². The van der Waals surface area contributed by atoms with E-state index in [4.69, 9.17) is 46.4 Å². The van der Waals surface area contributed by atoms with Gasteiger partial charge in [0.2, 0.25) is 0 Å². The van der Waals surface area contributed by atoms with Crippen LogP contribution in [0.25, 0.3) is 45.6 Å². The van der Waals surface area contributed by atoms with Gasteiger partial charge >= 0.3 is 0 Å². The van der Waals surface area contributed by atoms with E-state index in [0.29, 0.717) is 22.3 Å². The number of Topliss-reactive ketones (excluding diaryl/α,β-unsaturated/α-hetero) is 2. The normalized spacial score (nSPS) is 14.3. The Kier molecular flexibility index (Phi) is 34.0. The van der Waals surface area contributed by atoms with E-state index in [2.05, 4.69) is 177 Å². The predicted molar refractivity (Wildman–Crippen MR) is 533 cm³/mol. The summed E-state index contributed by atoms with van der Waals surface area (Å²) in [4.78, 5) is 35.2. The second-order valence-corrected chi connectivity index (χ2v) is 40.0. The summed E-state index contributed by atoms with van der Waals surface area (Å²) in [5.74, 6) is -0.656. The van der Waals surface area contributed by atoms with Crippen molar-refractivity contribution in [2.45, 2.75) is 323 Å². The molecule has 4 aliphatic rings. The van der Waals surface area contributed by atoms with Gasteiger partial charge in [-0.3, -0.25) is 9.59 Å². The maximum Gasteiger partial charge on any atom is 0.194 e. The molecule has 0 amide bonds. The first kappa shape index (κ1) is 95.0. The Morgan fingerprint density at radius 3 is 0.714 bits per heavy atom. The molecule has 0 bridgehead atoms. The van der Waals surface area contributed by atoms with Crippen molar-refractivity contribution in [1.82, 2.24) is 0 Å². The van der Waals surface area contributed by atoms with E-state index in [9.17, 15) is 21.0 Å². The highest BCUT2D eigenvalue weighted by Crippen LogP contribution is 2.67. The van der Waals surface area contributed by atoms with Crippen molar-refractivity contribution >= 4 is 104 Å². The van der Waals surface area contributed by atoms with Crippen LogP contribution in [0.4, 0.5) is 0 Å². The third kappa shape index (κ3) is 20.5. The van der Waals surface area contributed by atoms with Gasteiger partial charge < -0.3 is 0 Å². The average Bonchev–Trinajstić information content (AvgIpc) is 1.50. The summed E-state index contributed by atoms with van der Waals surface area (Å²) in [5, 5.41) is 44.8. The highest BCUT2D eigenvalue weighted by molar-refractivity contribution is 7.14. The highest BCUT2D eigenvalue weighted by atomic mass is 35.5. The van der Waals surface area contributed by atoms with Crippen LogP contribution in [0.3, 0.4) is 0 Å². The fraction of sp³-hybridized carbons (Fsp3) is 0.439. The quantitative estimate of drug-likeness (QED) is 0.0212. The third-order valence-electron chi connectivity index (χ3n) is 26.9. The minimum absolute atomic E-state index is 0.178. The van der Waals surface area contributed by atoms with E-state index in [1.165, 1.54) is 77.9 Å². The number of unbranched alkanes of at least 4 members (excludes halogenated alkanes) is 24. The summed E-state index contributed by atoms with van der Waals surface area (Å²) in [5.41, 5.74) is 22.3. The Labute approximate surface area is 781 Å². The summed E-state index contributed by atoms with van der Waals surface area (Å²) in [7, 11) is 0. The number of carbonyl (C=O) groups excluding carboxylic acids is 2. The molecule has 0 fully saturated rings. The maximum atomic E-state index is 15.6. The third-order valence-corrected chi connectivity index (χ3v) is 30.8. The molecule has 7 aromatic carbocycles. The Morgan fingerprint density at radius 1 is 0.278 bits per heavy atom. The lowest BCUT2D eigenvalue weighted by atomic mass is 9.66. The molecule has 0 radical (unpaired) electrons. The molecule has 0 atom stereocenters. The number of thiophene rings is 2. The molecule has 0 spiro atoms. The molecule has 0 unspecified atom stereocenters. The zero-order valence-corrected chi connectivity index (χ0v) is 80.6. The fourth-order valence-electron chi connectivity index (χ4n) is 20.5. The standard InChI is InChI=1S/C114H126Cl4N4O2S2/c1-9-17-25-33-41-75-49-76(42-34-26-18-10-2)54-85(53-75)113(86-55-77(43-35-27-19-11-3)50-78(56-86)44-36-28-20-12-4)101-65-92-98-62-90(64-100-108(84(73-121)74-122)94-68-104(116)106(118)70-96(94)110(100)124)126-112(98)114(87-57-79(45-37-29-21-13-5)51-80(58-87)46-38-30-22-14-6,88-59-81(47-39-31-23-15-7)52-82(60-88)48-40-32-24-16-8)102(92)66-91(101)97-61-89(125-111(97)113)63-99-107(83(71-119)72-120)93-67-103(115)105(117)69-95(93)109(99)123/h49-70H,9-48H2,1-8H3/b99-63-,100-64-. The summed E-state index contributed by atoms with van der Waals surface area (Å²) >= 11 is 30.9. The maximum absolute atomic E-state index is 15.6. The molecular formula is C114H126Cl4N4O2S2. The van der Waals surface area contributed by atoms with E-state index in [-0.39, 0.29) is 65.1 Å². The van der Waals surface area contributed by atoms with Gasteiger partial charge in [-0.15, -0.1) is 22.7 Å². The first-order valence-corrected chi connectivity index (χ1v) is 51.2. The largest absolute Gasteiger partial charge is 0.289 e. The Morgan fingerprint density at radius 2 is 0.500 bits per heavy atom. The van der Waals surface area contributed by atoms with Crippen LogP contribution in [0.2, 0.25) is 20.1 Å². The van der Waals surface area contributed by atoms with Crippen LogP contribution in [0.5, 0.6) is 0 Å². The van der Waals surface area contributed by atoms with Crippen LogP contribution in [0.1, 0.15) is 390 Å². The highest BCUT2D eigenvalue weighted by Gasteiger charge is 2.54. The van der Waals surface area contributed by atoms with Gasteiger partial charge in [0.15, 0.2) is 11.6 Å². The second-order valence-electron chi connectivity index (χ2n) is 36.2. The van der Waals surface area contributed by atoms with Crippen molar-refractivity contribution in [2.24, 2.45) is 0 Å². The smallest absolute Gasteiger partial charge is 0.194 e. The summed E-state index contributed by atoms with van der Waals surface area (Å²) in [6.45, 7) is 18.3. The molecule has 0 aliphatic heterocycles. The Balaban J connectivity index is 1.24. The van der Waals surface area contributed by atoms with Gasteiger partial charge in [0, 0.05) is 52.9 Å². The molecule has 0 saturated carbocycles. The van der Waals surface area contributed by atoms with Crippen LogP contribution in [-0.4, -0.2) is 11.6 Å². The number of allylic oxidation sites excluding steroid dienone is 6. The van der Waals surface area contributed by atoms with Crippen molar-refractivity contribution in [3.8, 4) is 46.5 Å². The fourth-order valence-corrected chi connectivity index (χ4v) is 23.9. The van der Waals surface area contributed by atoms with Crippen LogP contribution in [-0.2, 0) is 62.2 Å². The van der Waals surface area contributed by atoms with E-state index >= 15 is 9.59 Å². The van der Waals surface area contributed by atoms with Gasteiger partial charge in [-0.2, -0.15) is 21.0 Å². The van der Waals surface area contributed by atoms with Crippen molar-refractivity contribution < 1.29 is 9.59 Å². The second kappa shape index (κ2) is 45.1. The number of carbonyl (C=O) groups is 2. The summed E-state index contributed by atoms with van der Waals surface area (Å²) in [6, 6.07) is 56.0. The number of halogens is 4. The van der Waals surface area contributed by atoms with Crippen molar-refractivity contribution in [3.05, 3.63) is 283 Å². The molecule has 654 valence electrons. The topological polar surface area (TPSA) is 129 Å². The lowest BCUT2D eigenvalue weighted by Gasteiger charge is -2.36. The number of benzene rings is 7. The van der Waals surface area contributed by atoms with E-state index in [1.54, 1.807) is 46.9 Å². The minimum Gasteiger partial charge on any atom is -0.289 e. The Hall–Kier alpha value is -8.64. The van der Waals surface area contributed by atoms with Gasteiger partial charge in [0.05, 0.1) is 30.9 Å². The molecular weight excluding hydrogens is 1660 g/mol. The number of aryl methyl sites for hydroxylation is 8. The molecule has 9 aromatic rings. The monoisotopic (exact) mass is 1790 g/mol. The Bertz CT molecular complexity index is 5160. The van der Waals surface area contributed by atoms with Crippen molar-refractivity contribution in [3.63, 3.8) is 0 Å². The molecule has 2 heterocycles. The van der Waals surface area contributed by atoms with E-state index < -0.39 is 10.8 Å². The number of ketones is 2. The van der Waals surface area contributed by atoms with E-state index in [1.807, 2.05) is 12.2 Å². The van der Waals surface area contributed by atoms with Crippen LogP contribution in [0, 0.1) is 45.3 Å². The lowest BCUT2D eigenvalue weighted by Crippen LogP contribution is -2.30. The summed E-state index contributed by atoms with van der Waals surface area (Å²) < 4.78 is 0. The number of fused-ring (bicyclic) bond motifs is 8. The molecule has 2 aromatic heterocycles. The number of nitrogens with zero attached hydrogens (tertiary/aromatic N) is 4. The number of nitriles is 4. The van der Waals surface area contributed by atoms with Crippen molar-refractivity contribution in [2.75, 3.05) is 0 Å². The first-order chi connectivity index (χ1) is 61.4. The molecule has 12 heteroatoms. The molecule has 126 heavy (non-hydrogen) atoms. The number of hydrogen-bond donors (Lipinski definition) is 0. The molecule has 0 saturated heterocycles. The van der Waals surface area contributed by atoms with Gasteiger partial charge in [-0.25, -0.2) is 0 Å². The van der Waals surface area contributed by atoms with Gasteiger partial charge in [-0.1, -0.05) is 329 Å². The number of rotatable bonds is 46. The van der Waals surface area contributed by atoms with Crippen molar-refractivity contribution in [1.29, 1.82) is 21.0 Å². The van der Waals surface area contributed by atoms with Crippen LogP contribution < -0.4 is 0 Å². The predicted octanol–water partition coefficient (Wildman–Crippen LogP) is 34.3. The SMILES string of the molecule is CCCCCCc1cc(CCCCCC)cc(C2(c3cc(CCCCCC)cc(CCCCCC)c3)c3cc4c(cc3-c3cc(/C=C5\C(=O)c6cc(Cl)c(Cl)cc6C5=C(C#N)C#N)sc32)C(c2cc(CCCCCC)cc(CCCCCC)c2)(c2cc(CCCCCC)cc(CCCCCC)c2)c2sc(/C=C3\C(=O)c5cc(Cl)c(Cl)cc5C3=C(C#N)C#N)cc2-4)c1. The van der Waals surface area contributed by atoms with Gasteiger partial charge in [0.1, 0.15) is 35.4 Å². The van der Waals surface area contributed by atoms with Gasteiger partial charge in [-0.05, 0) is 275 Å². The average molecular weight is 1790 g/mol. The zero-order valence-electron chi connectivity index (χ0n) is 75.9. The van der Waals surface area contributed by atoms with E-state index in [0.717, 1.165) is 299 Å². The molecule has 4 aliphatic carbocycles. The van der Waals surface area contributed by atoms with Crippen LogP contribution in [0.15, 0.2) is 144 Å².